The summed E-state index contributed by atoms with van der Waals surface area (Å²) in [7, 11) is -4.16. The average Bonchev–Trinajstić information content (AvgIpc) is 2.89. The van der Waals surface area contributed by atoms with Crippen molar-refractivity contribution in [1.29, 1.82) is 0 Å². The Morgan fingerprint density at radius 3 is 2.29 bits per heavy atom. The second-order valence-electron chi connectivity index (χ2n) is 8.24. The van der Waals surface area contributed by atoms with Gasteiger partial charge in [0.25, 0.3) is 15.7 Å². The summed E-state index contributed by atoms with van der Waals surface area (Å²) in [4.78, 5) is 25.8. The minimum absolute atomic E-state index is 0.0230. The molecule has 0 aromatic heterocycles. The molecule has 1 N–H and O–H groups in total. The second kappa shape index (κ2) is 10.6. The number of sulfonamides is 1. The van der Waals surface area contributed by atoms with Crippen LogP contribution in [0.5, 0.6) is 0 Å². The highest BCUT2D eigenvalue weighted by molar-refractivity contribution is 7.92. The van der Waals surface area contributed by atoms with Crippen LogP contribution in [0.4, 0.5) is 22.7 Å². The predicted octanol–water partition coefficient (Wildman–Crippen LogP) is 4.42. The summed E-state index contributed by atoms with van der Waals surface area (Å²) in [5.74, 6) is -0.568. The second-order valence-corrected chi connectivity index (χ2v) is 10.1. The van der Waals surface area contributed by atoms with Crippen molar-refractivity contribution in [3.63, 3.8) is 0 Å². The van der Waals surface area contributed by atoms with E-state index in [-0.39, 0.29) is 16.3 Å². The van der Waals surface area contributed by atoms with Gasteiger partial charge in [0.1, 0.15) is 6.54 Å². The molecular formula is C25H26N4O5S. The summed E-state index contributed by atoms with van der Waals surface area (Å²) < 4.78 is 27.7. The van der Waals surface area contributed by atoms with Crippen molar-refractivity contribution in [2.75, 3.05) is 34.2 Å². The van der Waals surface area contributed by atoms with Gasteiger partial charge in [0.15, 0.2) is 0 Å². The zero-order valence-electron chi connectivity index (χ0n) is 19.0. The number of nitro benzene ring substituents is 1. The predicted molar refractivity (Wildman–Crippen MR) is 135 cm³/mol. The summed E-state index contributed by atoms with van der Waals surface area (Å²) in [5.41, 5.74) is 1.36. The molecule has 0 aliphatic carbocycles. The molecule has 9 nitrogen and oxygen atoms in total. The number of carbonyl (C=O) groups excluding carboxylic acids is 1. The van der Waals surface area contributed by atoms with Crippen LogP contribution in [0.15, 0.2) is 83.8 Å². The number of piperidine rings is 1. The molecule has 1 saturated heterocycles. The van der Waals surface area contributed by atoms with E-state index in [0.29, 0.717) is 5.69 Å². The molecule has 3 aromatic rings. The number of hydrogen-bond donors (Lipinski definition) is 1. The molecule has 0 radical (unpaired) electrons. The number of non-ortho nitro benzene ring substituents is 1. The summed E-state index contributed by atoms with van der Waals surface area (Å²) in [5, 5.41) is 14.0. The molecule has 35 heavy (non-hydrogen) atoms. The lowest BCUT2D eigenvalue weighted by Crippen LogP contribution is -2.38. The maximum Gasteiger partial charge on any atom is 0.271 e. The van der Waals surface area contributed by atoms with Crippen molar-refractivity contribution >= 4 is 38.7 Å². The van der Waals surface area contributed by atoms with Crippen LogP contribution in [0, 0.1) is 10.1 Å². The van der Waals surface area contributed by atoms with E-state index in [2.05, 4.69) is 10.2 Å². The number of rotatable bonds is 8. The van der Waals surface area contributed by atoms with Gasteiger partial charge >= 0.3 is 0 Å². The standard InChI is InChI=1S/C25H26N4O5S/c30-25(26-20-12-14-21(15-13-20)27-16-5-2-6-17-27)19-28(22-8-7-9-23(18-22)29(31)32)35(33,34)24-10-3-1-4-11-24/h1,3-4,7-15,18H,2,5-6,16-17,19H2,(H,26,30). The van der Waals surface area contributed by atoms with Crippen LogP contribution in [0.1, 0.15) is 19.3 Å². The first kappa shape index (κ1) is 24.2. The Morgan fingerprint density at radius 1 is 0.943 bits per heavy atom. The van der Waals surface area contributed by atoms with E-state index in [0.717, 1.165) is 42.0 Å². The van der Waals surface area contributed by atoms with E-state index in [9.17, 15) is 23.3 Å². The molecule has 4 rings (SSSR count). The van der Waals surface area contributed by atoms with Gasteiger partial charge in [0, 0.05) is 36.6 Å². The third-order valence-electron chi connectivity index (χ3n) is 5.82. The maximum absolute atomic E-state index is 13.4. The SMILES string of the molecule is O=C(CN(c1cccc([N+](=O)[O-])c1)S(=O)(=O)c1ccccc1)Nc1ccc(N2CCCCC2)cc1. The number of carbonyl (C=O) groups is 1. The zero-order chi connectivity index (χ0) is 24.8. The number of nitrogens with one attached hydrogen (secondary N) is 1. The number of hydrogen-bond acceptors (Lipinski definition) is 6. The van der Waals surface area contributed by atoms with Gasteiger partial charge in [0.05, 0.1) is 15.5 Å². The van der Waals surface area contributed by atoms with E-state index in [4.69, 9.17) is 0 Å². The number of nitrogens with zero attached hydrogens (tertiary/aromatic N) is 3. The van der Waals surface area contributed by atoms with Gasteiger partial charge in [-0.05, 0) is 61.7 Å². The molecule has 3 aromatic carbocycles. The summed E-state index contributed by atoms with van der Waals surface area (Å²) in [6, 6.07) is 20.3. The van der Waals surface area contributed by atoms with Crippen molar-refractivity contribution < 1.29 is 18.1 Å². The quantitative estimate of drug-likeness (QED) is 0.366. The highest BCUT2D eigenvalue weighted by Crippen LogP contribution is 2.27. The Labute approximate surface area is 204 Å². The zero-order valence-corrected chi connectivity index (χ0v) is 19.9. The van der Waals surface area contributed by atoms with Crippen LogP contribution in [-0.2, 0) is 14.8 Å². The molecular weight excluding hydrogens is 468 g/mol. The first-order valence-corrected chi connectivity index (χ1v) is 12.8. The topological polar surface area (TPSA) is 113 Å². The van der Waals surface area contributed by atoms with Gasteiger partial charge < -0.3 is 10.2 Å². The minimum atomic E-state index is -4.16. The van der Waals surface area contributed by atoms with Crippen molar-refractivity contribution in [1.82, 2.24) is 0 Å². The summed E-state index contributed by atoms with van der Waals surface area (Å²) in [6.45, 7) is 1.45. The van der Waals surface area contributed by atoms with Crippen LogP contribution in [-0.4, -0.2) is 38.9 Å². The third kappa shape index (κ3) is 5.78. The first-order chi connectivity index (χ1) is 16.8. The smallest absolute Gasteiger partial charge is 0.271 e. The number of anilines is 3. The molecule has 0 spiro atoms. The number of nitro groups is 1. The largest absolute Gasteiger partial charge is 0.372 e. The van der Waals surface area contributed by atoms with Crippen LogP contribution in [0.2, 0.25) is 0 Å². The normalized spacial score (nSPS) is 13.8. The Hall–Kier alpha value is -3.92. The molecule has 1 aliphatic rings. The van der Waals surface area contributed by atoms with Gasteiger partial charge in [-0.15, -0.1) is 0 Å². The van der Waals surface area contributed by atoms with Crippen molar-refractivity contribution in [3.05, 3.63) is 89.0 Å². The molecule has 0 bridgehead atoms. The lowest BCUT2D eigenvalue weighted by atomic mass is 10.1. The lowest BCUT2D eigenvalue weighted by Gasteiger charge is -2.29. The molecule has 0 saturated carbocycles. The van der Waals surface area contributed by atoms with Gasteiger partial charge in [-0.3, -0.25) is 19.2 Å². The summed E-state index contributed by atoms with van der Waals surface area (Å²) in [6.07, 6.45) is 3.54. The molecule has 0 atom stereocenters. The molecule has 1 aliphatic heterocycles. The van der Waals surface area contributed by atoms with Crippen LogP contribution < -0.4 is 14.5 Å². The molecule has 10 heteroatoms. The molecule has 182 valence electrons. The molecule has 0 unspecified atom stereocenters. The highest BCUT2D eigenvalue weighted by Gasteiger charge is 2.28. The Kier molecular flexibility index (Phi) is 7.31. The fourth-order valence-corrected chi connectivity index (χ4v) is 5.47. The molecule has 1 heterocycles. The Bertz CT molecular complexity index is 1290. The van der Waals surface area contributed by atoms with Gasteiger partial charge in [-0.1, -0.05) is 24.3 Å². The van der Waals surface area contributed by atoms with Gasteiger partial charge in [-0.2, -0.15) is 0 Å². The fourth-order valence-electron chi connectivity index (χ4n) is 4.04. The highest BCUT2D eigenvalue weighted by atomic mass is 32.2. The van der Waals surface area contributed by atoms with E-state index < -0.39 is 27.4 Å². The van der Waals surface area contributed by atoms with Crippen molar-refractivity contribution in [3.8, 4) is 0 Å². The molecule has 1 amide bonds. The monoisotopic (exact) mass is 494 g/mol. The van der Waals surface area contributed by atoms with Crippen LogP contribution >= 0.6 is 0 Å². The first-order valence-electron chi connectivity index (χ1n) is 11.3. The van der Waals surface area contributed by atoms with E-state index in [1.165, 1.54) is 36.8 Å². The number of amides is 1. The maximum atomic E-state index is 13.4. The van der Waals surface area contributed by atoms with Crippen LogP contribution in [0.3, 0.4) is 0 Å². The van der Waals surface area contributed by atoms with E-state index in [1.54, 1.807) is 30.3 Å². The van der Waals surface area contributed by atoms with Crippen molar-refractivity contribution in [2.24, 2.45) is 0 Å². The minimum Gasteiger partial charge on any atom is -0.372 e. The average molecular weight is 495 g/mol. The van der Waals surface area contributed by atoms with Gasteiger partial charge in [-0.25, -0.2) is 8.42 Å². The van der Waals surface area contributed by atoms with Crippen molar-refractivity contribution in [2.45, 2.75) is 24.2 Å². The van der Waals surface area contributed by atoms with Crippen LogP contribution in [0.25, 0.3) is 0 Å². The fraction of sp³-hybridized carbons (Fsp3) is 0.240. The molecule has 1 fully saturated rings. The Morgan fingerprint density at radius 2 is 1.63 bits per heavy atom. The number of benzene rings is 3. The van der Waals surface area contributed by atoms with Gasteiger partial charge in [0.2, 0.25) is 5.91 Å². The Balaban J connectivity index is 1.56. The van der Waals surface area contributed by atoms with E-state index in [1.807, 2.05) is 12.1 Å². The lowest BCUT2D eigenvalue weighted by molar-refractivity contribution is -0.384. The third-order valence-corrected chi connectivity index (χ3v) is 7.61. The van der Waals surface area contributed by atoms with E-state index >= 15 is 0 Å². The summed E-state index contributed by atoms with van der Waals surface area (Å²) >= 11 is 0.